The molecule has 0 radical (unpaired) electrons. The lowest BCUT2D eigenvalue weighted by Gasteiger charge is -2.22. The quantitative estimate of drug-likeness (QED) is 0.794. The van der Waals surface area contributed by atoms with Crippen molar-refractivity contribution in [1.29, 1.82) is 0 Å². The number of hydrogen-bond donors (Lipinski definition) is 2. The van der Waals surface area contributed by atoms with Crippen LogP contribution in [0.3, 0.4) is 0 Å². The van der Waals surface area contributed by atoms with Crippen molar-refractivity contribution in [2.75, 3.05) is 6.61 Å². The summed E-state index contributed by atoms with van der Waals surface area (Å²) in [5.41, 5.74) is 6.87. The number of carbonyl (C=O) groups is 1. The lowest BCUT2D eigenvalue weighted by Crippen LogP contribution is -2.40. The molecule has 0 heterocycles. The maximum atomic E-state index is 10.6. The predicted molar refractivity (Wildman–Crippen MR) is 65.9 cm³/mol. The highest BCUT2D eigenvalue weighted by molar-refractivity contribution is 5.87. The SMILES string of the molecule is CCC(C)(N)COCc1ccc(C(=O)O)cc1. The molecule has 17 heavy (non-hydrogen) atoms. The van der Waals surface area contributed by atoms with Gasteiger partial charge < -0.3 is 15.6 Å². The van der Waals surface area contributed by atoms with Gasteiger partial charge in [0.05, 0.1) is 18.8 Å². The van der Waals surface area contributed by atoms with E-state index in [0.29, 0.717) is 13.2 Å². The van der Waals surface area contributed by atoms with E-state index in [2.05, 4.69) is 0 Å². The number of benzene rings is 1. The van der Waals surface area contributed by atoms with Crippen LogP contribution in [0.1, 0.15) is 36.2 Å². The number of ether oxygens (including phenoxy) is 1. The van der Waals surface area contributed by atoms with Crippen molar-refractivity contribution in [3.63, 3.8) is 0 Å². The van der Waals surface area contributed by atoms with Gasteiger partial charge in [0.15, 0.2) is 0 Å². The molecule has 0 spiro atoms. The van der Waals surface area contributed by atoms with Gasteiger partial charge in [-0.3, -0.25) is 0 Å². The van der Waals surface area contributed by atoms with Crippen LogP contribution >= 0.6 is 0 Å². The van der Waals surface area contributed by atoms with E-state index in [-0.39, 0.29) is 11.1 Å². The zero-order valence-electron chi connectivity index (χ0n) is 10.3. The van der Waals surface area contributed by atoms with E-state index in [0.717, 1.165) is 12.0 Å². The van der Waals surface area contributed by atoms with Gasteiger partial charge in [-0.1, -0.05) is 19.1 Å². The topological polar surface area (TPSA) is 72.5 Å². The fourth-order valence-electron chi connectivity index (χ4n) is 1.25. The Morgan fingerprint density at radius 2 is 2.00 bits per heavy atom. The van der Waals surface area contributed by atoms with E-state index in [9.17, 15) is 4.79 Å². The second kappa shape index (κ2) is 5.80. The standard InChI is InChI=1S/C13H19NO3/c1-3-13(2,14)9-17-8-10-4-6-11(7-5-10)12(15)16/h4-7H,3,8-9,14H2,1-2H3,(H,15,16). The molecule has 1 atom stereocenters. The third-order valence-corrected chi connectivity index (χ3v) is 2.71. The third-order valence-electron chi connectivity index (χ3n) is 2.71. The Balaban J connectivity index is 2.45. The van der Waals surface area contributed by atoms with Gasteiger partial charge in [0.2, 0.25) is 0 Å². The summed E-state index contributed by atoms with van der Waals surface area (Å²) in [6, 6.07) is 6.65. The molecule has 0 aliphatic heterocycles. The van der Waals surface area contributed by atoms with E-state index in [1.807, 2.05) is 13.8 Å². The number of aromatic carboxylic acids is 1. The fraction of sp³-hybridized carbons (Fsp3) is 0.462. The zero-order valence-corrected chi connectivity index (χ0v) is 10.3. The first-order valence-electron chi connectivity index (χ1n) is 5.63. The molecule has 0 aliphatic carbocycles. The minimum atomic E-state index is -0.919. The Morgan fingerprint density at radius 3 is 2.47 bits per heavy atom. The Kier molecular flexibility index (Phi) is 4.66. The molecule has 0 amide bonds. The van der Waals surface area contributed by atoms with Gasteiger partial charge >= 0.3 is 5.97 Å². The predicted octanol–water partition coefficient (Wildman–Crippen LogP) is 2.03. The van der Waals surface area contributed by atoms with Crippen molar-refractivity contribution in [2.45, 2.75) is 32.4 Å². The molecule has 0 saturated carbocycles. The number of nitrogens with two attached hydrogens (primary N) is 1. The summed E-state index contributed by atoms with van der Waals surface area (Å²) in [6.07, 6.45) is 0.852. The second-order valence-corrected chi connectivity index (χ2v) is 4.50. The second-order valence-electron chi connectivity index (χ2n) is 4.50. The molecule has 1 unspecified atom stereocenters. The summed E-state index contributed by atoms with van der Waals surface area (Å²) in [7, 11) is 0. The van der Waals surface area contributed by atoms with E-state index in [4.69, 9.17) is 15.6 Å². The molecule has 1 rings (SSSR count). The molecule has 94 valence electrons. The molecule has 0 fully saturated rings. The van der Waals surface area contributed by atoms with E-state index < -0.39 is 5.97 Å². The van der Waals surface area contributed by atoms with Crippen molar-refractivity contribution < 1.29 is 14.6 Å². The number of hydrogen-bond acceptors (Lipinski definition) is 3. The van der Waals surface area contributed by atoms with Crippen LogP contribution < -0.4 is 5.73 Å². The van der Waals surface area contributed by atoms with Gasteiger partial charge in [-0.05, 0) is 31.0 Å². The molecular formula is C13H19NO3. The highest BCUT2D eigenvalue weighted by Gasteiger charge is 2.15. The van der Waals surface area contributed by atoms with Crippen LogP contribution in [0.15, 0.2) is 24.3 Å². The smallest absolute Gasteiger partial charge is 0.335 e. The average molecular weight is 237 g/mol. The first-order chi connectivity index (χ1) is 7.94. The van der Waals surface area contributed by atoms with Crippen molar-refractivity contribution in [3.05, 3.63) is 35.4 Å². The third kappa shape index (κ3) is 4.54. The van der Waals surface area contributed by atoms with Gasteiger partial charge in [-0.2, -0.15) is 0 Å². The average Bonchev–Trinajstić information content (AvgIpc) is 2.29. The van der Waals surface area contributed by atoms with E-state index in [1.54, 1.807) is 24.3 Å². The van der Waals surface area contributed by atoms with Crippen molar-refractivity contribution in [2.24, 2.45) is 5.73 Å². The lowest BCUT2D eigenvalue weighted by atomic mass is 10.0. The first-order valence-corrected chi connectivity index (χ1v) is 5.63. The van der Waals surface area contributed by atoms with Crippen LogP contribution in [-0.4, -0.2) is 23.2 Å². The van der Waals surface area contributed by atoms with Gasteiger partial charge in [0, 0.05) is 5.54 Å². The summed E-state index contributed by atoms with van der Waals surface area (Å²) in [6.45, 7) is 4.91. The summed E-state index contributed by atoms with van der Waals surface area (Å²) in [5.74, 6) is -0.919. The Labute approximate surface area is 101 Å². The Morgan fingerprint density at radius 1 is 1.41 bits per heavy atom. The summed E-state index contributed by atoms with van der Waals surface area (Å²) in [5, 5.41) is 8.74. The molecule has 0 aromatic heterocycles. The Bertz CT molecular complexity index is 371. The van der Waals surface area contributed by atoms with Crippen molar-refractivity contribution >= 4 is 5.97 Å². The molecule has 4 heteroatoms. The summed E-state index contributed by atoms with van der Waals surface area (Å²) < 4.78 is 5.50. The highest BCUT2D eigenvalue weighted by atomic mass is 16.5. The molecule has 1 aromatic carbocycles. The number of rotatable bonds is 6. The van der Waals surface area contributed by atoms with Crippen LogP contribution in [0.5, 0.6) is 0 Å². The van der Waals surface area contributed by atoms with Crippen molar-refractivity contribution in [3.8, 4) is 0 Å². The first kappa shape index (κ1) is 13.7. The zero-order chi connectivity index (χ0) is 12.9. The minimum absolute atomic E-state index is 0.283. The van der Waals surface area contributed by atoms with Crippen molar-refractivity contribution in [1.82, 2.24) is 0 Å². The van der Waals surface area contributed by atoms with Gasteiger partial charge in [0.1, 0.15) is 0 Å². The number of carboxylic acid groups (broad SMARTS) is 1. The fourth-order valence-corrected chi connectivity index (χ4v) is 1.25. The molecular weight excluding hydrogens is 218 g/mol. The Hall–Kier alpha value is -1.39. The van der Waals surface area contributed by atoms with Crippen LogP contribution in [0.25, 0.3) is 0 Å². The molecule has 0 aliphatic rings. The van der Waals surface area contributed by atoms with E-state index in [1.165, 1.54) is 0 Å². The monoisotopic (exact) mass is 237 g/mol. The lowest BCUT2D eigenvalue weighted by molar-refractivity contribution is 0.0696. The van der Waals surface area contributed by atoms with Crippen LogP contribution in [0, 0.1) is 0 Å². The van der Waals surface area contributed by atoms with Crippen LogP contribution in [0.2, 0.25) is 0 Å². The minimum Gasteiger partial charge on any atom is -0.478 e. The molecule has 4 nitrogen and oxygen atoms in total. The van der Waals surface area contributed by atoms with Gasteiger partial charge in [0.25, 0.3) is 0 Å². The molecule has 0 bridgehead atoms. The largest absolute Gasteiger partial charge is 0.478 e. The number of carboxylic acids is 1. The normalized spacial score (nSPS) is 14.3. The maximum Gasteiger partial charge on any atom is 0.335 e. The van der Waals surface area contributed by atoms with Crippen LogP contribution in [-0.2, 0) is 11.3 Å². The highest BCUT2D eigenvalue weighted by Crippen LogP contribution is 2.09. The van der Waals surface area contributed by atoms with Gasteiger partial charge in [-0.15, -0.1) is 0 Å². The van der Waals surface area contributed by atoms with E-state index >= 15 is 0 Å². The molecule has 0 saturated heterocycles. The molecule has 1 aromatic rings. The maximum absolute atomic E-state index is 10.6. The van der Waals surface area contributed by atoms with Gasteiger partial charge in [-0.25, -0.2) is 4.79 Å². The summed E-state index contributed by atoms with van der Waals surface area (Å²) in [4.78, 5) is 10.6. The van der Waals surface area contributed by atoms with Crippen LogP contribution in [0.4, 0.5) is 0 Å². The summed E-state index contributed by atoms with van der Waals surface area (Å²) >= 11 is 0. The molecule has 3 N–H and O–H groups in total.